The SMILES string of the molecule is COc1cc(CNCCOCC(C)C)cc2c1OCCO2. The van der Waals surface area contributed by atoms with E-state index in [1.54, 1.807) is 7.11 Å². The number of fused-ring (bicyclic) bond motifs is 1. The van der Waals surface area contributed by atoms with Crippen LogP contribution >= 0.6 is 0 Å². The van der Waals surface area contributed by atoms with Crippen LogP contribution in [0.4, 0.5) is 0 Å². The fourth-order valence-corrected chi connectivity index (χ4v) is 2.13. The van der Waals surface area contributed by atoms with Gasteiger partial charge in [-0.1, -0.05) is 13.8 Å². The molecule has 1 N–H and O–H groups in total. The Morgan fingerprint density at radius 3 is 2.81 bits per heavy atom. The topological polar surface area (TPSA) is 49.0 Å². The molecule has 1 aliphatic heterocycles. The van der Waals surface area contributed by atoms with Crippen molar-refractivity contribution in [2.45, 2.75) is 20.4 Å². The van der Waals surface area contributed by atoms with Crippen molar-refractivity contribution in [1.29, 1.82) is 0 Å². The highest BCUT2D eigenvalue weighted by molar-refractivity contribution is 5.54. The normalized spacial score (nSPS) is 13.5. The molecular weight excluding hydrogens is 270 g/mol. The summed E-state index contributed by atoms with van der Waals surface area (Å²) >= 11 is 0. The predicted octanol–water partition coefficient (Wildman–Crippen LogP) is 2.23. The molecule has 0 spiro atoms. The van der Waals surface area contributed by atoms with Crippen LogP contribution in [0.25, 0.3) is 0 Å². The van der Waals surface area contributed by atoms with Crippen molar-refractivity contribution in [3.05, 3.63) is 17.7 Å². The summed E-state index contributed by atoms with van der Waals surface area (Å²) < 4.78 is 22.1. The van der Waals surface area contributed by atoms with Crippen LogP contribution in [0.2, 0.25) is 0 Å². The van der Waals surface area contributed by atoms with E-state index in [0.717, 1.165) is 43.4 Å². The molecule has 0 radical (unpaired) electrons. The molecule has 21 heavy (non-hydrogen) atoms. The Kier molecular flexibility index (Phi) is 6.14. The van der Waals surface area contributed by atoms with Crippen LogP contribution in [0, 0.1) is 5.92 Å². The molecule has 0 amide bonds. The second-order valence-corrected chi connectivity index (χ2v) is 5.47. The lowest BCUT2D eigenvalue weighted by molar-refractivity contribution is 0.111. The molecule has 0 saturated carbocycles. The zero-order chi connectivity index (χ0) is 15.1. The first-order valence-electron chi connectivity index (χ1n) is 7.45. The molecule has 1 aromatic carbocycles. The highest BCUT2D eigenvalue weighted by Gasteiger charge is 2.18. The van der Waals surface area contributed by atoms with Crippen LogP contribution in [0.5, 0.6) is 17.2 Å². The molecular formula is C16H25NO4. The molecule has 5 heteroatoms. The summed E-state index contributed by atoms with van der Waals surface area (Å²) in [5.41, 5.74) is 1.11. The van der Waals surface area contributed by atoms with Crippen LogP contribution in [0.1, 0.15) is 19.4 Å². The summed E-state index contributed by atoms with van der Waals surface area (Å²) in [6.07, 6.45) is 0. The fourth-order valence-electron chi connectivity index (χ4n) is 2.13. The molecule has 118 valence electrons. The third kappa shape index (κ3) is 4.79. The molecule has 0 aliphatic carbocycles. The molecule has 0 aromatic heterocycles. The minimum atomic E-state index is 0.564. The number of rotatable bonds is 8. The number of ether oxygens (including phenoxy) is 4. The Morgan fingerprint density at radius 1 is 1.24 bits per heavy atom. The van der Waals surface area contributed by atoms with E-state index in [9.17, 15) is 0 Å². The quantitative estimate of drug-likeness (QED) is 0.745. The van der Waals surface area contributed by atoms with Crippen LogP contribution in [0.3, 0.4) is 0 Å². The molecule has 0 bridgehead atoms. The Labute approximate surface area is 126 Å². The number of nitrogens with one attached hydrogen (secondary N) is 1. The first kappa shape index (κ1) is 15.9. The zero-order valence-electron chi connectivity index (χ0n) is 13.1. The Morgan fingerprint density at radius 2 is 2.05 bits per heavy atom. The monoisotopic (exact) mass is 295 g/mol. The van der Waals surface area contributed by atoms with Gasteiger partial charge >= 0.3 is 0 Å². The van der Waals surface area contributed by atoms with E-state index in [1.165, 1.54) is 0 Å². The van der Waals surface area contributed by atoms with Crippen molar-refractivity contribution in [1.82, 2.24) is 5.32 Å². The number of benzene rings is 1. The van der Waals surface area contributed by atoms with Crippen molar-refractivity contribution in [2.24, 2.45) is 5.92 Å². The third-order valence-corrected chi connectivity index (χ3v) is 3.09. The number of hydrogen-bond acceptors (Lipinski definition) is 5. The first-order valence-corrected chi connectivity index (χ1v) is 7.45. The summed E-state index contributed by atoms with van der Waals surface area (Å²) in [7, 11) is 1.64. The lowest BCUT2D eigenvalue weighted by atomic mass is 10.1. The predicted molar refractivity (Wildman–Crippen MR) is 81.3 cm³/mol. The van der Waals surface area contributed by atoms with Crippen LogP contribution in [-0.4, -0.2) is 40.1 Å². The summed E-state index contributed by atoms with van der Waals surface area (Å²) in [4.78, 5) is 0. The van der Waals surface area contributed by atoms with E-state index < -0.39 is 0 Å². The molecule has 0 saturated heterocycles. The van der Waals surface area contributed by atoms with Gasteiger partial charge in [-0.05, 0) is 23.6 Å². The van der Waals surface area contributed by atoms with Gasteiger partial charge in [0.2, 0.25) is 5.75 Å². The van der Waals surface area contributed by atoms with E-state index in [1.807, 2.05) is 12.1 Å². The fraction of sp³-hybridized carbons (Fsp3) is 0.625. The third-order valence-electron chi connectivity index (χ3n) is 3.09. The minimum Gasteiger partial charge on any atom is -0.493 e. The average Bonchev–Trinajstić information content (AvgIpc) is 2.49. The van der Waals surface area contributed by atoms with Gasteiger partial charge in [-0.15, -0.1) is 0 Å². The van der Waals surface area contributed by atoms with E-state index in [2.05, 4.69) is 19.2 Å². The minimum absolute atomic E-state index is 0.564. The summed E-state index contributed by atoms with van der Waals surface area (Å²) in [5.74, 6) is 2.76. The van der Waals surface area contributed by atoms with Crippen molar-refractivity contribution < 1.29 is 18.9 Å². The van der Waals surface area contributed by atoms with Crippen molar-refractivity contribution in [3.63, 3.8) is 0 Å². The van der Waals surface area contributed by atoms with Crippen molar-refractivity contribution in [3.8, 4) is 17.2 Å². The first-order chi connectivity index (χ1) is 10.2. The molecule has 1 aliphatic rings. The van der Waals surface area contributed by atoms with E-state index in [-0.39, 0.29) is 0 Å². The van der Waals surface area contributed by atoms with E-state index in [0.29, 0.717) is 24.9 Å². The highest BCUT2D eigenvalue weighted by atomic mass is 16.6. The smallest absolute Gasteiger partial charge is 0.203 e. The Bertz CT molecular complexity index is 431. The average molecular weight is 295 g/mol. The van der Waals surface area contributed by atoms with Crippen molar-refractivity contribution in [2.75, 3.05) is 40.1 Å². The molecule has 0 fully saturated rings. The number of methoxy groups -OCH3 is 1. The molecule has 1 aromatic rings. The molecule has 0 unspecified atom stereocenters. The summed E-state index contributed by atoms with van der Waals surface area (Å²) in [6.45, 7) is 8.54. The maximum Gasteiger partial charge on any atom is 0.203 e. The lowest BCUT2D eigenvalue weighted by Gasteiger charge is -2.21. The van der Waals surface area contributed by atoms with Gasteiger partial charge in [-0.25, -0.2) is 0 Å². The van der Waals surface area contributed by atoms with E-state index >= 15 is 0 Å². The van der Waals surface area contributed by atoms with Crippen LogP contribution in [0.15, 0.2) is 12.1 Å². The second-order valence-electron chi connectivity index (χ2n) is 5.47. The second kappa shape index (κ2) is 8.10. The van der Waals surface area contributed by atoms with Gasteiger partial charge in [0.05, 0.1) is 13.7 Å². The zero-order valence-corrected chi connectivity index (χ0v) is 13.1. The van der Waals surface area contributed by atoms with E-state index in [4.69, 9.17) is 18.9 Å². The summed E-state index contributed by atoms with van der Waals surface area (Å²) in [5, 5.41) is 3.36. The van der Waals surface area contributed by atoms with Gasteiger partial charge in [0.15, 0.2) is 11.5 Å². The van der Waals surface area contributed by atoms with Crippen LogP contribution in [-0.2, 0) is 11.3 Å². The molecule has 5 nitrogen and oxygen atoms in total. The van der Waals surface area contributed by atoms with Gasteiger partial charge in [0.25, 0.3) is 0 Å². The lowest BCUT2D eigenvalue weighted by Crippen LogP contribution is -2.21. The molecule has 0 atom stereocenters. The maximum atomic E-state index is 5.62. The van der Waals surface area contributed by atoms with Gasteiger partial charge in [0, 0.05) is 19.7 Å². The van der Waals surface area contributed by atoms with Gasteiger partial charge in [-0.3, -0.25) is 0 Å². The largest absolute Gasteiger partial charge is 0.493 e. The Balaban J connectivity index is 1.83. The standard InChI is InChI=1S/C16H25NO4/c1-12(2)11-19-5-4-17-10-13-8-14(18-3)16-15(9-13)20-6-7-21-16/h8-9,12,17H,4-7,10-11H2,1-3H3. The summed E-state index contributed by atoms with van der Waals surface area (Å²) in [6, 6.07) is 3.98. The highest BCUT2D eigenvalue weighted by Crippen LogP contribution is 2.40. The van der Waals surface area contributed by atoms with Crippen molar-refractivity contribution >= 4 is 0 Å². The van der Waals surface area contributed by atoms with Gasteiger partial charge in [0.1, 0.15) is 13.2 Å². The molecule has 2 rings (SSSR count). The van der Waals surface area contributed by atoms with Gasteiger partial charge in [-0.2, -0.15) is 0 Å². The van der Waals surface area contributed by atoms with Crippen LogP contribution < -0.4 is 19.5 Å². The maximum absolute atomic E-state index is 5.62. The Hall–Kier alpha value is -1.46. The van der Waals surface area contributed by atoms with Gasteiger partial charge < -0.3 is 24.3 Å². The molecule has 1 heterocycles. The number of hydrogen-bond donors (Lipinski definition) is 1.